The highest BCUT2D eigenvalue weighted by Gasteiger charge is 2.13. The number of primary amides is 1. The molecule has 3 N–H and O–H groups in total. The molecule has 6 nitrogen and oxygen atoms in total. The number of nitrogens with zero attached hydrogens (tertiary/aromatic N) is 1. The number of urea groups is 1. The van der Waals surface area contributed by atoms with Gasteiger partial charge in [-0.05, 0) is 46.1 Å². The van der Waals surface area contributed by atoms with Crippen molar-refractivity contribution in [1.29, 1.82) is 0 Å². The van der Waals surface area contributed by atoms with Crippen LogP contribution in [-0.2, 0) is 19.7 Å². The second-order valence-electron chi connectivity index (χ2n) is 6.91. The van der Waals surface area contributed by atoms with Crippen molar-refractivity contribution < 1.29 is 9.53 Å². The number of halogens is 3. The van der Waals surface area contributed by atoms with Gasteiger partial charge in [-0.25, -0.2) is 4.79 Å². The molecule has 0 radical (unpaired) electrons. The molecule has 0 unspecified atom stereocenters. The van der Waals surface area contributed by atoms with E-state index in [4.69, 9.17) is 33.7 Å². The predicted octanol–water partition coefficient (Wildman–Crippen LogP) is 5.02. The second kappa shape index (κ2) is 10.2. The number of hydrogen-bond donors (Lipinski definition) is 2. The van der Waals surface area contributed by atoms with Gasteiger partial charge in [0.25, 0.3) is 5.56 Å². The van der Waals surface area contributed by atoms with Crippen LogP contribution < -0.4 is 21.3 Å². The van der Waals surface area contributed by atoms with E-state index < -0.39 is 6.03 Å². The molecule has 0 aliphatic rings. The number of rotatable bonds is 7. The molecule has 9 heteroatoms. The number of hydrogen-bond acceptors (Lipinski definition) is 3. The molecule has 3 aromatic rings. The van der Waals surface area contributed by atoms with E-state index in [1.54, 1.807) is 28.8 Å². The molecule has 0 spiro atoms. The Balaban J connectivity index is 1.75. The second-order valence-corrected chi connectivity index (χ2v) is 8.55. The third-order valence-corrected chi connectivity index (χ3v) is 5.96. The molecule has 0 atom stereocenters. The van der Waals surface area contributed by atoms with E-state index in [0.717, 1.165) is 22.4 Å². The Labute approximate surface area is 198 Å². The Hall–Kier alpha value is -2.48. The maximum absolute atomic E-state index is 12.9. The quantitative estimate of drug-likeness (QED) is 0.455. The maximum atomic E-state index is 12.9. The summed E-state index contributed by atoms with van der Waals surface area (Å²) in [6.07, 6.45) is 0. The van der Waals surface area contributed by atoms with Crippen LogP contribution in [0.25, 0.3) is 0 Å². The van der Waals surface area contributed by atoms with Gasteiger partial charge in [-0.3, -0.25) is 4.79 Å². The highest BCUT2D eigenvalue weighted by Crippen LogP contribution is 2.26. The van der Waals surface area contributed by atoms with Crippen molar-refractivity contribution in [3.8, 4) is 5.75 Å². The highest BCUT2D eigenvalue weighted by molar-refractivity contribution is 9.10. The molecule has 162 valence electrons. The molecular formula is C22H20BrCl2N3O3. The van der Waals surface area contributed by atoms with Crippen molar-refractivity contribution in [1.82, 2.24) is 9.88 Å². The number of carbonyl (C=O) groups is 1. The van der Waals surface area contributed by atoms with Gasteiger partial charge in [-0.2, -0.15) is 0 Å². The van der Waals surface area contributed by atoms with Crippen LogP contribution in [-0.4, -0.2) is 10.6 Å². The van der Waals surface area contributed by atoms with Crippen molar-refractivity contribution >= 4 is 45.2 Å². The van der Waals surface area contributed by atoms with Gasteiger partial charge in [0, 0.05) is 33.9 Å². The minimum Gasteiger partial charge on any atom is -0.487 e. The Morgan fingerprint density at radius 2 is 1.81 bits per heavy atom. The molecule has 0 saturated heterocycles. The van der Waals surface area contributed by atoms with Crippen LogP contribution in [0.5, 0.6) is 5.75 Å². The average Bonchev–Trinajstić information content (AvgIpc) is 2.73. The van der Waals surface area contributed by atoms with Crippen molar-refractivity contribution in [2.45, 2.75) is 26.6 Å². The van der Waals surface area contributed by atoms with Crippen LogP contribution in [0.4, 0.5) is 4.79 Å². The van der Waals surface area contributed by atoms with Crippen LogP contribution in [0.3, 0.4) is 0 Å². The molecule has 0 bridgehead atoms. The maximum Gasteiger partial charge on any atom is 0.312 e. The summed E-state index contributed by atoms with van der Waals surface area (Å²) in [6.45, 7) is 2.80. The summed E-state index contributed by atoms with van der Waals surface area (Å²) < 4.78 is 7.83. The lowest BCUT2D eigenvalue weighted by Gasteiger charge is -2.15. The first-order valence-corrected chi connectivity index (χ1v) is 10.9. The van der Waals surface area contributed by atoms with Gasteiger partial charge in [0.05, 0.1) is 6.54 Å². The topological polar surface area (TPSA) is 86.3 Å². The smallest absolute Gasteiger partial charge is 0.312 e. The average molecular weight is 525 g/mol. The van der Waals surface area contributed by atoms with Crippen LogP contribution in [0.2, 0.25) is 10.0 Å². The van der Waals surface area contributed by atoms with Gasteiger partial charge in [0.1, 0.15) is 16.8 Å². The van der Waals surface area contributed by atoms with E-state index in [2.05, 4.69) is 21.2 Å². The highest BCUT2D eigenvalue weighted by atomic mass is 79.9. The fourth-order valence-electron chi connectivity index (χ4n) is 2.95. The van der Waals surface area contributed by atoms with Crippen molar-refractivity contribution in [2.24, 2.45) is 5.73 Å². The van der Waals surface area contributed by atoms with Gasteiger partial charge in [-0.1, -0.05) is 53.5 Å². The van der Waals surface area contributed by atoms with Crippen LogP contribution in [0.1, 0.15) is 22.4 Å². The number of pyridine rings is 1. The summed E-state index contributed by atoms with van der Waals surface area (Å²) in [5.74, 6) is 0.442. The number of amides is 2. The minimum atomic E-state index is -0.572. The Bertz CT molecular complexity index is 1160. The molecule has 2 aromatic carbocycles. The number of aryl methyl sites for hydroxylation is 1. The van der Waals surface area contributed by atoms with Crippen LogP contribution in [0.15, 0.2) is 57.8 Å². The standard InChI is InChI=1S/C22H20BrCl2N3O3/c1-13-8-19(31-12-16-6-7-17(24)9-18(16)25)20(23)21(29)28(13)11-15-4-2-14(3-5-15)10-27-22(26)30/h2-9H,10-12H2,1H3,(H3,26,27,30). The van der Waals surface area contributed by atoms with E-state index in [1.807, 2.05) is 31.2 Å². The molecular weight excluding hydrogens is 505 g/mol. The first kappa shape index (κ1) is 23.2. The first-order valence-electron chi connectivity index (χ1n) is 9.32. The Kier molecular flexibility index (Phi) is 7.64. The number of aromatic nitrogens is 1. The lowest BCUT2D eigenvalue weighted by Crippen LogP contribution is -2.28. The zero-order valence-corrected chi connectivity index (χ0v) is 19.7. The fourth-order valence-corrected chi connectivity index (χ4v) is 3.85. The van der Waals surface area contributed by atoms with Gasteiger partial charge >= 0.3 is 6.03 Å². The van der Waals surface area contributed by atoms with Crippen LogP contribution >= 0.6 is 39.1 Å². The Morgan fingerprint density at radius 1 is 1.13 bits per heavy atom. The van der Waals surface area contributed by atoms with E-state index in [0.29, 0.717) is 33.4 Å². The predicted molar refractivity (Wildman–Crippen MR) is 126 cm³/mol. The van der Waals surface area contributed by atoms with E-state index in [1.165, 1.54) is 0 Å². The number of benzene rings is 2. The monoisotopic (exact) mass is 523 g/mol. The molecule has 2 amide bonds. The summed E-state index contributed by atoms with van der Waals surface area (Å²) in [5.41, 5.74) is 8.27. The molecule has 1 heterocycles. The zero-order chi connectivity index (χ0) is 22.5. The summed E-state index contributed by atoms with van der Waals surface area (Å²) >= 11 is 15.5. The lowest BCUT2D eigenvalue weighted by molar-refractivity contribution is 0.248. The summed E-state index contributed by atoms with van der Waals surface area (Å²) in [4.78, 5) is 23.7. The van der Waals surface area contributed by atoms with E-state index in [-0.39, 0.29) is 12.2 Å². The lowest BCUT2D eigenvalue weighted by atomic mass is 10.1. The number of nitrogens with two attached hydrogens (primary N) is 1. The van der Waals surface area contributed by atoms with Crippen molar-refractivity contribution in [3.63, 3.8) is 0 Å². The van der Waals surface area contributed by atoms with Gasteiger partial charge in [-0.15, -0.1) is 0 Å². The summed E-state index contributed by atoms with van der Waals surface area (Å²) in [6, 6.07) is 14.0. The number of carbonyl (C=O) groups excluding carboxylic acids is 1. The first-order chi connectivity index (χ1) is 14.7. The zero-order valence-electron chi connectivity index (χ0n) is 16.6. The normalized spacial score (nSPS) is 10.7. The molecule has 0 fully saturated rings. The van der Waals surface area contributed by atoms with Gasteiger partial charge in [0.15, 0.2) is 0 Å². The summed E-state index contributed by atoms with van der Waals surface area (Å²) in [7, 11) is 0. The van der Waals surface area contributed by atoms with E-state index >= 15 is 0 Å². The Morgan fingerprint density at radius 3 is 2.45 bits per heavy atom. The molecule has 0 aliphatic heterocycles. The summed E-state index contributed by atoms with van der Waals surface area (Å²) in [5, 5.41) is 3.59. The third-order valence-electron chi connectivity index (χ3n) is 4.64. The van der Waals surface area contributed by atoms with Crippen molar-refractivity contribution in [2.75, 3.05) is 0 Å². The molecule has 31 heavy (non-hydrogen) atoms. The molecule has 1 aromatic heterocycles. The third kappa shape index (κ3) is 6.03. The van der Waals surface area contributed by atoms with Gasteiger partial charge in [0.2, 0.25) is 0 Å². The number of nitrogens with one attached hydrogen (secondary N) is 1. The SMILES string of the molecule is Cc1cc(OCc2ccc(Cl)cc2Cl)c(Br)c(=O)n1Cc1ccc(CNC(N)=O)cc1. The number of ether oxygens (including phenoxy) is 1. The largest absolute Gasteiger partial charge is 0.487 e. The van der Waals surface area contributed by atoms with E-state index in [9.17, 15) is 9.59 Å². The van der Waals surface area contributed by atoms with Gasteiger partial charge < -0.3 is 20.4 Å². The van der Waals surface area contributed by atoms with Crippen LogP contribution in [0, 0.1) is 6.92 Å². The fraction of sp³-hybridized carbons (Fsp3) is 0.182. The molecule has 0 aliphatic carbocycles. The molecule has 0 saturated carbocycles. The van der Waals surface area contributed by atoms with Crippen molar-refractivity contribution in [3.05, 3.63) is 95.8 Å². The molecule has 3 rings (SSSR count). The minimum absolute atomic E-state index is 0.198.